The first-order valence-electron chi connectivity index (χ1n) is 4.77. The molecule has 0 spiro atoms. The number of carbonyl (C=O) groups is 1. The summed E-state index contributed by atoms with van der Waals surface area (Å²) in [5.74, 6) is -1.51. The molecule has 0 aliphatic rings. The molecule has 0 aliphatic heterocycles. The number of carboxylic acid groups (broad SMARTS) is 1. The maximum Gasteiger partial charge on any atom is 0.314 e. The molecule has 1 heterocycles. The number of tetrazole rings is 1. The number of rotatable bonds is 4. The molecule has 1 aromatic carbocycles. The molecule has 0 bridgehead atoms. The Morgan fingerprint density at radius 3 is 2.69 bits per heavy atom. The summed E-state index contributed by atoms with van der Waals surface area (Å²) in [4.78, 5) is 11.1. The second-order valence-electron chi connectivity index (χ2n) is 3.35. The van der Waals surface area contributed by atoms with Gasteiger partial charge in [-0.2, -0.15) is 5.21 Å². The number of carboxylic acids is 1. The molecule has 6 heteroatoms. The number of aromatic amines is 1. The van der Waals surface area contributed by atoms with Crippen LogP contribution in [0.3, 0.4) is 0 Å². The molecular formula is C10H10N4O2. The summed E-state index contributed by atoms with van der Waals surface area (Å²) < 4.78 is 0. The lowest BCUT2D eigenvalue weighted by Gasteiger charge is -2.07. The van der Waals surface area contributed by atoms with E-state index in [1.165, 1.54) is 0 Å². The Bertz CT molecular complexity index is 455. The molecule has 0 saturated heterocycles. The van der Waals surface area contributed by atoms with Crippen LogP contribution < -0.4 is 0 Å². The fraction of sp³-hybridized carbons (Fsp3) is 0.200. The van der Waals surface area contributed by atoms with Crippen molar-refractivity contribution in [3.63, 3.8) is 0 Å². The predicted octanol–water partition coefficient (Wildman–Crippen LogP) is 0.611. The summed E-state index contributed by atoms with van der Waals surface area (Å²) in [7, 11) is 0. The Hall–Kier alpha value is -2.24. The van der Waals surface area contributed by atoms with Gasteiger partial charge < -0.3 is 5.11 Å². The molecule has 0 saturated carbocycles. The quantitative estimate of drug-likeness (QED) is 0.784. The monoisotopic (exact) mass is 218 g/mol. The minimum Gasteiger partial charge on any atom is -0.481 e. The lowest BCUT2D eigenvalue weighted by molar-refractivity contribution is -0.139. The van der Waals surface area contributed by atoms with Crippen LogP contribution in [0, 0.1) is 0 Å². The van der Waals surface area contributed by atoms with Crippen LogP contribution in [-0.4, -0.2) is 31.7 Å². The molecule has 2 N–H and O–H groups in total. The molecule has 0 unspecified atom stereocenters. The Balaban J connectivity index is 2.19. The van der Waals surface area contributed by atoms with Gasteiger partial charge in [0.2, 0.25) is 0 Å². The van der Waals surface area contributed by atoms with E-state index in [0.717, 1.165) is 5.56 Å². The maximum absolute atomic E-state index is 11.1. The smallest absolute Gasteiger partial charge is 0.314 e. The van der Waals surface area contributed by atoms with E-state index in [4.69, 9.17) is 5.11 Å². The average Bonchev–Trinajstić information content (AvgIpc) is 2.80. The lowest BCUT2D eigenvalue weighted by atomic mass is 9.99. The van der Waals surface area contributed by atoms with Crippen molar-refractivity contribution in [2.75, 3.05) is 0 Å². The van der Waals surface area contributed by atoms with E-state index in [-0.39, 0.29) is 5.82 Å². The fourth-order valence-electron chi connectivity index (χ4n) is 1.46. The molecular weight excluding hydrogens is 208 g/mol. The van der Waals surface area contributed by atoms with Gasteiger partial charge in [-0.1, -0.05) is 35.5 Å². The highest BCUT2D eigenvalue weighted by molar-refractivity contribution is 5.75. The van der Waals surface area contributed by atoms with Crippen LogP contribution in [-0.2, 0) is 11.2 Å². The van der Waals surface area contributed by atoms with Crippen LogP contribution in [0.25, 0.3) is 0 Å². The Morgan fingerprint density at radius 2 is 2.12 bits per heavy atom. The van der Waals surface area contributed by atoms with Gasteiger partial charge in [0.15, 0.2) is 5.82 Å². The second-order valence-corrected chi connectivity index (χ2v) is 3.35. The van der Waals surface area contributed by atoms with E-state index in [1.807, 2.05) is 30.3 Å². The summed E-state index contributed by atoms with van der Waals surface area (Å²) in [5, 5.41) is 22.1. The number of nitrogens with zero attached hydrogens (tertiary/aromatic N) is 3. The average molecular weight is 218 g/mol. The largest absolute Gasteiger partial charge is 0.481 e. The highest BCUT2D eigenvalue weighted by atomic mass is 16.4. The zero-order valence-electron chi connectivity index (χ0n) is 8.37. The minimum atomic E-state index is -0.953. The van der Waals surface area contributed by atoms with Crippen LogP contribution >= 0.6 is 0 Å². The first kappa shape index (κ1) is 10.3. The number of aromatic nitrogens is 4. The van der Waals surface area contributed by atoms with Crippen LogP contribution in [0.1, 0.15) is 17.3 Å². The summed E-state index contributed by atoms with van der Waals surface area (Å²) in [5.41, 5.74) is 0.930. The number of H-pyrrole nitrogens is 1. The van der Waals surface area contributed by atoms with Crippen molar-refractivity contribution in [2.24, 2.45) is 0 Å². The zero-order chi connectivity index (χ0) is 11.4. The SMILES string of the molecule is O=C(O)[C@H](Cc1ccccc1)c1nn[nH]n1. The van der Waals surface area contributed by atoms with Gasteiger partial charge in [-0.25, -0.2) is 0 Å². The highest BCUT2D eigenvalue weighted by Gasteiger charge is 2.24. The van der Waals surface area contributed by atoms with E-state index in [2.05, 4.69) is 20.6 Å². The van der Waals surface area contributed by atoms with Crippen molar-refractivity contribution in [3.05, 3.63) is 41.7 Å². The normalized spacial score (nSPS) is 12.2. The van der Waals surface area contributed by atoms with Crippen molar-refractivity contribution in [1.29, 1.82) is 0 Å². The first-order chi connectivity index (χ1) is 7.77. The van der Waals surface area contributed by atoms with Crippen molar-refractivity contribution >= 4 is 5.97 Å². The third kappa shape index (κ3) is 2.22. The molecule has 16 heavy (non-hydrogen) atoms. The maximum atomic E-state index is 11.1. The lowest BCUT2D eigenvalue weighted by Crippen LogP contribution is -2.16. The van der Waals surface area contributed by atoms with E-state index >= 15 is 0 Å². The standard InChI is InChI=1S/C10H10N4O2/c15-10(16)8(9-11-13-14-12-9)6-7-4-2-1-3-5-7/h1-5,8H,6H2,(H,15,16)(H,11,12,13,14)/t8-/m1/s1. The van der Waals surface area contributed by atoms with Crippen molar-refractivity contribution in [2.45, 2.75) is 12.3 Å². The van der Waals surface area contributed by atoms with E-state index in [9.17, 15) is 4.79 Å². The van der Waals surface area contributed by atoms with E-state index < -0.39 is 11.9 Å². The van der Waals surface area contributed by atoms with Crippen molar-refractivity contribution in [3.8, 4) is 0 Å². The summed E-state index contributed by atoms with van der Waals surface area (Å²) in [6, 6.07) is 9.36. The van der Waals surface area contributed by atoms with E-state index in [0.29, 0.717) is 6.42 Å². The van der Waals surface area contributed by atoms with Gasteiger partial charge >= 0.3 is 5.97 Å². The van der Waals surface area contributed by atoms with Gasteiger partial charge in [-0.05, 0) is 12.0 Å². The minimum absolute atomic E-state index is 0.205. The molecule has 0 fully saturated rings. The number of nitrogens with one attached hydrogen (secondary N) is 1. The first-order valence-corrected chi connectivity index (χ1v) is 4.77. The predicted molar refractivity (Wildman–Crippen MR) is 54.7 cm³/mol. The van der Waals surface area contributed by atoms with Gasteiger partial charge in [0.1, 0.15) is 5.92 Å². The highest BCUT2D eigenvalue weighted by Crippen LogP contribution is 2.16. The molecule has 1 aromatic heterocycles. The Kier molecular flexibility index (Phi) is 2.90. The van der Waals surface area contributed by atoms with Crippen LogP contribution in [0.2, 0.25) is 0 Å². The summed E-state index contributed by atoms with van der Waals surface area (Å²) >= 11 is 0. The van der Waals surface area contributed by atoms with Gasteiger partial charge in [0.05, 0.1) is 0 Å². The van der Waals surface area contributed by atoms with Gasteiger partial charge in [0, 0.05) is 0 Å². The third-order valence-electron chi connectivity index (χ3n) is 2.25. The molecule has 2 aromatic rings. The Labute approximate surface area is 91.3 Å². The van der Waals surface area contributed by atoms with Gasteiger partial charge in [0.25, 0.3) is 0 Å². The molecule has 82 valence electrons. The number of hydrogen-bond donors (Lipinski definition) is 2. The summed E-state index contributed by atoms with van der Waals surface area (Å²) in [6.45, 7) is 0. The molecule has 0 aliphatic carbocycles. The third-order valence-corrected chi connectivity index (χ3v) is 2.25. The van der Waals surface area contributed by atoms with Gasteiger partial charge in [-0.15, -0.1) is 10.2 Å². The topological polar surface area (TPSA) is 91.8 Å². The fourth-order valence-corrected chi connectivity index (χ4v) is 1.46. The molecule has 6 nitrogen and oxygen atoms in total. The van der Waals surface area contributed by atoms with Crippen molar-refractivity contribution < 1.29 is 9.90 Å². The van der Waals surface area contributed by atoms with Crippen LogP contribution in [0.5, 0.6) is 0 Å². The van der Waals surface area contributed by atoms with Crippen LogP contribution in [0.15, 0.2) is 30.3 Å². The molecule has 1 atom stereocenters. The van der Waals surface area contributed by atoms with Crippen molar-refractivity contribution in [1.82, 2.24) is 20.6 Å². The zero-order valence-corrected chi connectivity index (χ0v) is 8.37. The second kappa shape index (κ2) is 4.52. The number of aliphatic carboxylic acids is 1. The number of hydrogen-bond acceptors (Lipinski definition) is 4. The van der Waals surface area contributed by atoms with Crippen LogP contribution in [0.4, 0.5) is 0 Å². The molecule has 0 radical (unpaired) electrons. The van der Waals surface area contributed by atoms with E-state index in [1.54, 1.807) is 0 Å². The summed E-state index contributed by atoms with van der Waals surface area (Å²) in [6.07, 6.45) is 0.357. The Morgan fingerprint density at radius 1 is 1.38 bits per heavy atom. The van der Waals surface area contributed by atoms with Gasteiger partial charge in [-0.3, -0.25) is 4.79 Å². The molecule has 2 rings (SSSR count). The molecule has 0 amide bonds. The number of benzene rings is 1.